The van der Waals surface area contributed by atoms with Gasteiger partial charge in [-0.15, -0.1) is 11.3 Å². The second-order valence-electron chi connectivity index (χ2n) is 4.01. The minimum Gasteiger partial charge on any atom is -0.299 e. The van der Waals surface area contributed by atoms with Crippen LogP contribution in [0.1, 0.15) is 16.9 Å². The van der Waals surface area contributed by atoms with E-state index in [-0.39, 0.29) is 17.8 Å². The van der Waals surface area contributed by atoms with Crippen LogP contribution in [0.2, 0.25) is 0 Å². The van der Waals surface area contributed by atoms with Crippen LogP contribution >= 0.6 is 11.3 Å². The maximum Gasteiger partial charge on any atom is 0.162 e. The second-order valence-corrected chi connectivity index (χ2v) is 5.04. The average Bonchev–Trinajstić information content (AvgIpc) is 2.86. The Morgan fingerprint density at radius 1 is 1.17 bits per heavy atom. The molecule has 4 heteroatoms. The van der Waals surface area contributed by atoms with E-state index >= 15 is 0 Å². The van der Waals surface area contributed by atoms with Crippen molar-refractivity contribution >= 4 is 17.1 Å². The van der Waals surface area contributed by atoms with E-state index in [1.807, 2.05) is 17.5 Å². The van der Waals surface area contributed by atoms with Gasteiger partial charge in [-0.1, -0.05) is 18.2 Å². The van der Waals surface area contributed by atoms with Crippen molar-refractivity contribution in [2.75, 3.05) is 0 Å². The molecule has 0 radical (unpaired) electrons. The van der Waals surface area contributed by atoms with E-state index in [4.69, 9.17) is 0 Å². The minimum atomic E-state index is -0.915. The Morgan fingerprint density at radius 2 is 2.00 bits per heavy atom. The number of aryl methyl sites for hydroxylation is 1. The summed E-state index contributed by atoms with van der Waals surface area (Å²) in [6.07, 6.45) is 0.971. The van der Waals surface area contributed by atoms with Crippen LogP contribution in [0.4, 0.5) is 8.78 Å². The molecule has 0 saturated carbocycles. The maximum absolute atomic E-state index is 13.4. The molecule has 0 bridgehead atoms. The van der Waals surface area contributed by atoms with Gasteiger partial charge in [0.1, 0.15) is 5.78 Å². The third-order valence-electron chi connectivity index (χ3n) is 2.65. The molecule has 94 valence electrons. The molecule has 1 aromatic heterocycles. The lowest BCUT2D eigenvalue weighted by molar-refractivity contribution is -0.118. The number of hydrogen-bond donors (Lipinski definition) is 0. The van der Waals surface area contributed by atoms with Gasteiger partial charge in [-0.05, 0) is 29.5 Å². The summed E-state index contributed by atoms with van der Waals surface area (Å²) >= 11 is 1.59. The summed E-state index contributed by atoms with van der Waals surface area (Å²) in [7, 11) is 0. The second kappa shape index (κ2) is 5.87. The standard InChI is InChI=1S/C14H12F2OS/c15-13-5-1-3-10(14(13)16)9-11(17)6-7-12-4-2-8-18-12/h1-5,8H,6-7,9H2. The van der Waals surface area contributed by atoms with Crippen LogP contribution in [0, 0.1) is 11.6 Å². The smallest absolute Gasteiger partial charge is 0.162 e. The molecule has 2 rings (SSSR count). The van der Waals surface area contributed by atoms with Crippen molar-refractivity contribution in [3.63, 3.8) is 0 Å². The topological polar surface area (TPSA) is 17.1 Å². The van der Waals surface area contributed by atoms with Crippen LogP contribution in [-0.4, -0.2) is 5.78 Å². The highest BCUT2D eigenvalue weighted by Crippen LogP contribution is 2.15. The number of rotatable bonds is 5. The van der Waals surface area contributed by atoms with Crippen LogP contribution in [0.25, 0.3) is 0 Å². The highest BCUT2D eigenvalue weighted by atomic mass is 32.1. The van der Waals surface area contributed by atoms with Gasteiger partial charge in [0.15, 0.2) is 11.6 Å². The number of halogens is 2. The summed E-state index contributed by atoms with van der Waals surface area (Å²) in [6, 6.07) is 7.80. The van der Waals surface area contributed by atoms with Gasteiger partial charge in [0, 0.05) is 17.7 Å². The van der Waals surface area contributed by atoms with E-state index in [1.165, 1.54) is 12.1 Å². The first-order valence-corrected chi connectivity index (χ1v) is 6.52. The van der Waals surface area contributed by atoms with Crippen LogP contribution in [0.15, 0.2) is 35.7 Å². The predicted molar refractivity (Wildman–Crippen MR) is 67.7 cm³/mol. The van der Waals surface area contributed by atoms with E-state index in [0.29, 0.717) is 12.8 Å². The third-order valence-corrected chi connectivity index (χ3v) is 3.59. The normalized spacial score (nSPS) is 10.6. The van der Waals surface area contributed by atoms with E-state index < -0.39 is 11.6 Å². The van der Waals surface area contributed by atoms with E-state index in [0.717, 1.165) is 10.9 Å². The number of Topliss-reactive ketones (excluding diaryl/α,β-unsaturated/α-hetero) is 1. The molecule has 18 heavy (non-hydrogen) atoms. The van der Waals surface area contributed by atoms with Gasteiger partial charge >= 0.3 is 0 Å². The summed E-state index contributed by atoms with van der Waals surface area (Å²) in [5.74, 6) is -1.89. The van der Waals surface area contributed by atoms with Crippen molar-refractivity contribution in [2.24, 2.45) is 0 Å². The Labute approximate surface area is 108 Å². The fraction of sp³-hybridized carbons (Fsp3) is 0.214. The Kier molecular flexibility index (Phi) is 4.20. The van der Waals surface area contributed by atoms with E-state index in [9.17, 15) is 13.6 Å². The van der Waals surface area contributed by atoms with Crippen molar-refractivity contribution < 1.29 is 13.6 Å². The molecule has 0 aliphatic heterocycles. The number of thiophene rings is 1. The number of carbonyl (C=O) groups excluding carboxylic acids is 1. The Bertz CT molecular complexity index is 535. The quantitative estimate of drug-likeness (QED) is 0.805. The highest BCUT2D eigenvalue weighted by Gasteiger charge is 2.11. The van der Waals surface area contributed by atoms with Gasteiger partial charge in [-0.25, -0.2) is 8.78 Å². The molecular weight excluding hydrogens is 254 g/mol. The monoisotopic (exact) mass is 266 g/mol. The third kappa shape index (κ3) is 3.23. The molecule has 0 N–H and O–H groups in total. The zero-order valence-corrected chi connectivity index (χ0v) is 10.5. The van der Waals surface area contributed by atoms with Gasteiger partial charge in [-0.3, -0.25) is 4.79 Å². The van der Waals surface area contributed by atoms with Gasteiger partial charge in [0.05, 0.1) is 0 Å². The van der Waals surface area contributed by atoms with Crippen LogP contribution in [-0.2, 0) is 17.6 Å². The lowest BCUT2D eigenvalue weighted by atomic mass is 10.0. The summed E-state index contributed by atoms with van der Waals surface area (Å²) in [4.78, 5) is 12.8. The van der Waals surface area contributed by atoms with Crippen LogP contribution in [0.3, 0.4) is 0 Å². The van der Waals surface area contributed by atoms with Crippen LogP contribution < -0.4 is 0 Å². The largest absolute Gasteiger partial charge is 0.299 e. The molecule has 1 heterocycles. The molecule has 0 unspecified atom stereocenters. The first-order chi connectivity index (χ1) is 8.66. The zero-order valence-electron chi connectivity index (χ0n) is 9.66. The first-order valence-electron chi connectivity index (χ1n) is 5.64. The Morgan fingerprint density at radius 3 is 2.72 bits per heavy atom. The SMILES string of the molecule is O=C(CCc1cccs1)Cc1cccc(F)c1F. The van der Waals surface area contributed by atoms with Crippen molar-refractivity contribution in [2.45, 2.75) is 19.3 Å². The van der Waals surface area contributed by atoms with Gasteiger partial charge in [0.2, 0.25) is 0 Å². The fourth-order valence-corrected chi connectivity index (χ4v) is 2.41. The molecular formula is C14H12F2OS. The molecule has 0 aliphatic rings. The summed E-state index contributed by atoms with van der Waals surface area (Å²) in [5.41, 5.74) is 0.131. The number of ketones is 1. The molecule has 2 aromatic rings. The van der Waals surface area contributed by atoms with Gasteiger partial charge in [0.25, 0.3) is 0 Å². The molecule has 1 nitrogen and oxygen atoms in total. The fourth-order valence-electron chi connectivity index (χ4n) is 1.70. The molecule has 0 fully saturated rings. The highest BCUT2D eigenvalue weighted by molar-refractivity contribution is 7.09. The number of carbonyl (C=O) groups is 1. The molecule has 1 aromatic carbocycles. The summed E-state index contributed by atoms with van der Waals surface area (Å²) < 4.78 is 26.3. The van der Waals surface area contributed by atoms with Gasteiger partial charge in [-0.2, -0.15) is 0 Å². The zero-order chi connectivity index (χ0) is 13.0. The van der Waals surface area contributed by atoms with E-state index in [2.05, 4.69) is 0 Å². The number of benzene rings is 1. The molecule has 0 amide bonds. The number of hydrogen-bond acceptors (Lipinski definition) is 2. The minimum absolute atomic E-state index is 0.0467. The van der Waals surface area contributed by atoms with Crippen molar-refractivity contribution in [3.05, 3.63) is 57.8 Å². The predicted octanol–water partition coefficient (Wildman–Crippen LogP) is 3.77. The van der Waals surface area contributed by atoms with Crippen molar-refractivity contribution in [1.29, 1.82) is 0 Å². The van der Waals surface area contributed by atoms with Crippen LogP contribution in [0.5, 0.6) is 0 Å². The van der Waals surface area contributed by atoms with Crippen molar-refractivity contribution in [1.82, 2.24) is 0 Å². The maximum atomic E-state index is 13.4. The summed E-state index contributed by atoms with van der Waals surface area (Å²) in [6.45, 7) is 0. The first kappa shape index (κ1) is 12.9. The molecule has 0 spiro atoms. The summed E-state index contributed by atoms with van der Waals surface area (Å²) in [5, 5.41) is 1.95. The lowest BCUT2D eigenvalue weighted by Gasteiger charge is -2.03. The average molecular weight is 266 g/mol. The van der Waals surface area contributed by atoms with Gasteiger partial charge < -0.3 is 0 Å². The molecule has 0 saturated heterocycles. The van der Waals surface area contributed by atoms with Crippen molar-refractivity contribution in [3.8, 4) is 0 Å². The molecule has 0 aliphatic carbocycles. The molecule has 0 atom stereocenters. The Hall–Kier alpha value is -1.55. The lowest BCUT2D eigenvalue weighted by Crippen LogP contribution is -2.06. The Balaban J connectivity index is 1.93. The van der Waals surface area contributed by atoms with E-state index in [1.54, 1.807) is 11.3 Å².